The number of hydrogen-bond acceptors (Lipinski definition) is 6. The molecule has 1 N–H and O–H groups in total. The summed E-state index contributed by atoms with van der Waals surface area (Å²) in [5.74, 6) is -0.0268. The zero-order chi connectivity index (χ0) is 19.1. The lowest BCUT2D eigenvalue weighted by atomic mass is 10.2. The third-order valence-electron chi connectivity index (χ3n) is 3.48. The molecule has 0 aliphatic carbocycles. The number of ether oxygens (including phenoxy) is 1. The van der Waals surface area contributed by atoms with E-state index in [2.05, 4.69) is 6.07 Å². The van der Waals surface area contributed by atoms with Gasteiger partial charge in [0.1, 0.15) is 12.3 Å². The SMILES string of the molecule is O=C(O)CN(C(=O)c1cccc(OCCSc2cccs2)c1)c1cccs1. The quantitative estimate of drug-likeness (QED) is 0.402. The fourth-order valence-electron chi connectivity index (χ4n) is 2.33. The molecule has 1 aromatic carbocycles. The molecule has 0 spiro atoms. The lowest BCUT2D eigenvalue weighted by Crippen LogP contribution is -2.35. The largest absolute Gasteiger partial charge is 0.493 e. The highest BCUT2D eigenvalue weighted by Gasteiger charge is 2.21. The summed E-state index contributed by atoms with van der Waals surface area (Å²) >= 11 is 4.74. The number of rotatable bonds is 9. The molecule has 1 amide bonds. The van der Waals surface area contributed by atoms with Gasteiger partial charge in [-0.05, 0) is 47.2 Å². The maximum atomic E-state index is 12.8. The van der Waals surface area contributed by atoms with Crippen LogP contribution in [-0.4, -0.2) is 35.9 Å². The second-order valence-electron chi connectivity index (χ2n) is 5.39. The van der Waals surface area contributed by atoms with Crippen LogP contribution in [0.3, 0.4) is 0 Å². The number of hydrogen-bond donors (Lipinski definition) is 1. The van der Waals surface area contributed by atoms with Gasteiger partial charge < -0.3 is 9.84 Å². The third kappa shape index (κ3) is 5.59. The molecule has 0 saturated heterocycles. The first kappa shape index (κ1) is 19.5. The Bertz CT molecular complexity index is 878. The number of anilines is 1. The van der Waals surface area contributed by atoms with E-state index >= 15 is 0 Å². The van der Waals surface area contributed by atoms with E-state index in [1.165, 1.54) is 20.4 Å². The summed E-state index contributed by atoms with van der Waals surface area (Å²) in [7, 11) is 0. The van der Waals surface area contributed by atoms with Crippen molar-refractivity contribution in [3.8, 4) is 5.75 Å². The van der Waals surface area contributed by atoms with Crippen molar-refractivity contribution in [2.75, 3.05) is 23.8 Å². The van der Waals surface area contributed by atoms with Crippen LogP contribution in [0.2, 0.25) is 0 Å². The molecular formula is C19H17NO4S3. The Morgan fingerprint density at radius 1 is 1.07 bits per heavy atom. The number of carboxylic acids is 1. The summed E-state index contributed by atoms with van der Waals surface area (Å²) in [5, 5.41) is 13.6. The fraction of sp³-hybridized carbons (Fsp3) is 0.158. The molecule has 0 saturated carbocycles. The van der Waals surface area contributed by atoms with Gasteiger partial charge in [0.05, 0.1) is 15.8 Å². The predicted molar refractivity (Wildman–Crippen MR) is 111 cm³/mol. The van der Waals surface area contributed by atoms with Gasteiger partial charge in [0, 0.05) is 11.3 Å². The minimum Gasteiger partial charge on any atom is -0.493 e. The number of carbonyl (C=O) groups excluding carboxylic acids is 1. The first-order chi connectivity index (χ1) is 13.1. The van der Waals surface area contributed by atoms with Crippen LogP contribution in [0, 0.1) is 0 Å². The van der Waals surface area contributed by atoms with E-state index in [4.69, 9.17) is 9.84 Å². The van der Waals surface area contributed by atoms with Crippen LogP contribution in [0.25, 0.3) is 0 Å². The zero-order valence-electron chi connectivity index (χ0n) is 14.2. The van der Waals surface area contributed by atoms with Gasteiger partial charge in [-0.25, -0.2) is 0 Å². The number of carboxylic acid groups (broad SMARTS) is 1. The molecule has 0 aliphatic rings. The Morgan fingerprint density at radius 2 is 1.89 bits per heavy atom. The van der Waals surface area contributed by atoms with Crippen LogP contribution in [-0.2, 0) is 4.79 Å². The Morgan fingerprint density at radius 3 is 2.59 bits per heavy atom. The third-order valence-corrected chi connectivity index (χ3v) is 6.47. The van der Waals surface area contributed by atoms with Crippen LogP contribution < -0.4 is 9.64 Å². The van der Waals surface area contributed by atoms with E-state index in [1.54, 1.807) is 59.5 Å². The molecule has 3 rings (SSSR count). The van der Waals surface area contributed by atoms with Gasteiger partial charge in [-0.2, -0.15) is 0 Å². The van der Waals surface area contributed by atoms with Crippen molar-refractivity contribution in [1.82, 2.24) is 0 Å². The molecule has 140 valence electrons. The van der Waals surface area contributed by atoms with Crippen LogP contribution in [0.15, 0.2) is 63.5 Å². The molecule has 0 bridgehead atoms. The van der Waals surface area contributed by atoms with Crippen molar-refractivity contribution in [2.24, 2.45) is 0 Å². The first-order valence-corrected chi connectivity index (χ1v) is 10.8. The van der Waals surface area contributed by atoms with Gasteiger partial charge in [0.25, 0.3) is 5.91 Å². The Hall–Kier alpha value is -2.29. The molecule has 2 aromatic heterocycles. The summed E-state index contributed by atoms with van der Waals surface area (Å²) in [4.78, 5) is 25.3. The van der Waals surface area contributed by atoms with Crippen molar-refractivity contribution in [3.63, 3.8) is 0 Å². The monoisotopic (exact) mass is 419 g/mol. The lowest BCUT2D eigenvalue weighted by Gasteiger charge is -2.19. The number of amides is 1. The summed E-state index contributed by atoms with van der Waals surface area (Å²) in [6.45, 7) is 0.131. The van der Waals surface area contributed by atoms with Crippen molar-refractivity contribution < 1.29 is 19.4 Å². The lowest BCUT2D eigenvalue weighted by molar-refractivity contribution is -0.135. The minimum absolute atomic E-state index is 0.363. The average molecular weight is 420 g/mol. The van der Waals surface area contributed by atoms with Crippen LogP contribution in [0.1, 0.15) is 10.4 Å². The molecule has 0 aliphatic heterocycles. The Kier molecular flexibility index (Phi) is 6.92. The average Bonchev–Trinajstić information content (AvgIpc) is 3.37. The molecule has 27 heavy (non-hydrogen) atoms. The molecule has 0 atom stereocenters. The van der Waals surface area contributed by atoms with Gasteiger partial charge in [-0.1, -0.05) is 12.1 Å². The van der Waals surface area contributed by atoms with E-state index < -0.39 is 5.97 Å². The number of nitrogens with zero attached hydrogens (tertiary/aromatic N) is 1. The van der Waals surface area contributed by atoms with E-state index in [0.29, 0.717) is 22.9 Å². The fourth-order valence-corrected chi connectivity index (χ4v) is 4.74. The molecule has 5 nitrogen and oxygen atoms in total. The molecule has 2 heterocycles. The number of thioether (sulfide) groups is 1. The van der Waals surface area contributed by atoms with E-state index in [0.717, 1.165) is 5.75 Å². The Labute approximate surface area is 169 Å². The standard InChI is InChI=1S/C19H17NO4S3/c21-17(22)13-20(16-6-2-9-25-16)19(23)14-4-1-5-15(12-14)24-8-11-27-18-7-3-10-26-18/h1-7,9-10,12H,8,11,13H2,(H,21,22). The molecule has 8 heteroatoms. The smallest absolute Gasteiger partial charge is 0.323 e. The van der Waals surface area contributed by atoms with Gasteiger partial charge >= 0.3 is 5.97 Å². The highest BCUT2D eigenvalue weighted by atomic mass is 32.2. The number of aliphatic carboxylic acids is 1. The summed E-state index contributed by atoms with van der Waals surface area (Å²) < 4.78 is 6.98. The molecule has 3 aromatic rings. The van der Waals surface area contributed by atoms with Crippen molar-refractivity contribution in [2.45, 2.75) is 4.21 Å². The highest BCUT2D eigenvalue weighted by molar-refractivity contribution is 8.01. The summed E-state index contributed by atoms with van der Waals surface area (Å²) in [6.07, 6.45) is 0. The summed E-state index contributed by atoms with van der Waals surface area (Å²) in [5.41, 5.74) is 0.396. The minimum atomic E-state index is -1.06. The Balaban J connectivity index is 1.64. The maximum Gasteiger partial charge on any atom is 0.323 e. The van der Waals surface area contributed by atoms with Gasteiger partial charge in [0.15, 0.2) is 0 Å². The van der Waals surface area contributed by atoms with E-state index in [1.807, 2.05) is 16.8 Å². The van der Waals surface area contributed by atoms with Crippen molar-refractivity contribution in [1.29, 1.82) is 0 Å². The first-order valence-electron chi connectivity index (χ1n) is 8.10. The van der Waals surface area contributed by atoms with Crippen molar-refractivity contribution in [3.05, 3.63) is 64.9 Å². The number of carbonyl (C=O) groups is 2. The highest BCUT2D eigenvalue weighted by Crippen LogP contribution is 2.25. The molecular weight excluding hydrogens is 402 g/mol. The topological polar surface area (TPSA) is 66.8 Å². The van der Waals surface area contributed by atoms with Crippen molar-refractivity contribution >= 4 is 51.3 Å². The van der Waals surface area contributed by atoms with Gasteiger partial charge in [-0.3, -0.25) is 14.5 Å². The maximum absolute atomic E-state index is 12.8. The number of thiophene rings is 2. The normalized spacial score (nSPS) is 10.5. The van der Waals surface area contributed by atoms with E-state index in [9.17, 15) is 9.59 Å². The molecule has 0 fully saturated rings. The molecule has 0 unspecified atom stereocenters. The van der Waals surface area contributed by atoms with Crippen LogP contribution in [0.4, 0.5) is 5.00 Å². The summed E-state index contributed by atoms with van der Waals surface area (Å²) in [6, 6.07) is 14.4. The van der Waals surface area contributed by atoms with E-state index in [-0.39, 0.29) is 12.5 Å². The van der Waals surface area contributed by atoms with Crippen LogP contribution in [0.5, 0.6) is 5.75 Å². The van der Waals surface area contributed by atoms with Gasteiger partial charge in [0.2, 0.25) is 0 Å². The predicted octanol–water partition coefficient (Wildman–Crippen LogP) is 4.71. The second-order valence-corrected chi connectivity index (χ2v) is 8.66. The van der Waals surface area contributed by atoms with Crippen LogP contribution >= 0.6 is 34.4 Å². The van der Waals surface area contributed by atoms with Gasteiger partial charge in [-0.15, -0.1) is 34.4 Å². The molecule has 0 radical (unpaired) electrons. The zero-order valence-corrected chi connectivity index (χ0v) is 16.7. The second kappa shape index (κ2) is 9.59. The number of benzene rings is 1.